The van der Waals surface area contributed by atoms with Crippen molar-refractivity contribution in [3.8, 4) is 11.8 Å². The number of imide groups is 1. The lowest BCUT2D eigenvalue weighted by Crippen LogP contribution is -2.27. The minimum absolute atomic E-state index is 0.0511. The third-order valence-electron chi connectivity index (χ3n) is 4.99. The number of carbonyl (C=O) groups excluding carboxylic acids is 2. The smallest absolute Gasteiger partial charge is 0.293 e. The van der Waals surface area contributed by atoms with E-state index >= 15 is 0 Å². The normalized spacial score (nSPS) is 14.5. The monoisotopic (exact) mass is 572 g/mol. The molecule has 0 atom stereocenters. The van der Waals surface area contributed by atoms with Crippen molar-refractivity contribution in [3.05, 3.63) is 102 Å². The van der Waals surface area contributed by atoms with E-state index in [0.29, 0.717) is 36.3 Å². The summed E-state index contributed by atoms with van der Waals surface area (Å²) in [6, 6.07) is 19.6. The fourth-order valence-corrected chi connectivity index (χ4v) is 5.06. The van der Waals surface area contributed by atoms with Crippen molar-refractivity contribution in [2.75, 3.05) is 0 Å². The third kappa shape index (κ3) is 5.48. The van der Waals surface area contributed by atoms with Gasteiger partial charge >= 0.3 is 0 Å². The molecule has 170 valence electrons. The van der Waals surface area contributed by atoms with Crippen LogP contribution in [0, 0.1) is 11.3 Å². The number of carbonyl (C=O) groups is 2. The van der Waals surface area contributed by atoms with Crippen molar-refractivity contribution in [2.45, 2.75) is 13.2 Å². The van der Waals surface area contributed by atoms with E-state index in [1.807, 2.05) is 0 Å². The second-order valence-corrected chi connectivity index (χ2v) is 9.94. The van der Waals surface area contributed by atoms with Crippen LogP contribution in [0.1, 0.15) is 22.3 Å². The van der Waals surface area contributed by atoms with Gasteiger partial charge in [-0.25, -0.2) is 0 Å². The average Bonchev–Trinajstić information content (AvgIpc) is 3.07. The van der Waals surface area contributed by atoms with E-state index in [-0.39, 0.29) is 18.4 Å². The highest BCUT2D eigenvalue weighted by molar-refractivity contribution is 9.10. The molecule has 0 aromatic heterocycles. The van der Waals surface area contributed by atoms with E-state index in [0.717, 1.165) is 27.8 Å². The topological polar surface area (TPSA) is 70.4 Å². The molecule has 34 heavy (non-hydrogen) atoms. The number of thioether (sulfide) groups is 1. The molecule has 0 spiro atoms. The molecule has 0 aliphatic carbocycles. The Morgan fingerprint density at radius 1 is 1.06 bits per heavy atom. The maximum atomic E-state index is 12.9. The van der Waals surface area contributed by atoms with E-state index in [1.165, 1.54) is 0 Å². The van der Waals surface area contributed by atoms with Gasteiger partial charge in [0.1, 0.15) is 12.4 Å². The summed E-state index contributed by atoms with van der Waals surface area (Å²) in [4.78, 5) is 26.8. The van der Waals surface area contributed by atoms with E-state index < -0.39 is 5.91 Å². The number of benzene rings is 3. The lowest BCUT2D eigenvalue weighted by atomic mass is 10.1. The molecule has 3 aromatic rings. The van der Waals surface area contributed by atoms with Gasteiger partial charge < -0.3 is 4.74 Å². The third-order valence-corrected chi connectivity index (χ3v) is 7.11. The Bertz CT molecular complexity index is 1370. The summed E-state index contributed by atoms with van der Waals surface area (Å²) < 4.78 is 6.54. The van der Waals surface area contributed by atoms with Crippen molar-refractivity contribution in [1.82, 2.24) is 4.90 Å². The van der Waals surface area contributed by atoms with E-state index in [2.05, 4.69) is 22.0 Å². The Labute approximate surface area is 219 Å². The molecule has 1 saturated heterocycles. The van der Waals surface area contributed by atoms with Crippen LogP contribution in [0.5, 0.6) is 5.75 Å². The first kappa shape index (κ1) is 24.4. The summed E-state index contributed by atoms with van der Waals surface area (Å²) in [5.74, 6) is 0.209. The summed E-state index contributed by atoms with van der Waals surface area (Å²) in [6.07, 6.45) is 1.66. The van der Waals surface area contributed by atoms with Gasteiger partial charge in [0.15, 0.2) is 0 Å². The Morgan fingerprint density at radius 2 is 1.85 bits per heavy atom. The molecule has 1 fully saturated rings. The van der Waals surface area contributed by atoms with Gasteiger partial charge in [0.05, 0.1) is 27.6 Å². The largest absolute Gasteiger partial charge is 0.488 e. The van der Waals surface area contributed by atoms with Gasteiger partial charge in [-0.2, -0.15) is 5.26 Å². The minimum atomic E-state index is -0.392. The van der Waals surface area contributed by atoms with Crippen LogP contribution in [0.4, 0.5) is 4.79 Å². The van der Waals surface area contributed by atoms with E-state index in [1.54, 1.807) is 66.7 Å². The summed E-state index contributed by atoms with van der Waals surface area (Å²) >= 11 is 16.5. The van der Waals surface area contributed by atoms with Gasteiger partial charge in [-0.05, 0) is 75.2 Å². The number of rotatable bonds is 6. The zero-order valence-corrected chi connectivity index (χ0v) is 21.3. The second-order valence-electron chi connectivity index (χ2n) is 7.25. The van der Waals surface area contributed by atoms with Gasteiger partial charge in [0.25, 0.3) is 11.1 Å². The van der Waals surface area contributed by atoms with Crippen molar-refractivity contribution in [2.24, 2.45) is 0 Å². The van der Waals surface area contributed by atoms with Crippen molar-refractivity contribution < 1.29 is 14.3 Å². The molecule has 2 amide bonds. The van der Waals surface area contributed by atoms with Gasteiger partial charge in [-0.1, -0.05) is 53.5 Å². The van der Waals surface area contributed by atoms with Crippen molar-refractivity contribution >= 4 is 68.1 Å². The zero-order valence-electron chi connectivity index (χ0n) is 17.4. The number of halogens is 3. The van der Waals surface area contributed by atoms with Crippen molar-refractivity contribution in [1.29, 1.82) is 5.26 Å². The van der Waals surface area contributed by atoms with E-state index in [4.69, 9.17) is 27.9 Å². The van der Waals surface area contributed by atoms with Gasteiger partial charge in [-0.15, -0.1) is 0 Å². The molecule has 9 heteroatoms. The molecular weight excluding hydrogens is 559 g/mol. The Balaban J connectivity index is 1.47. The molecule has 4 rings (SSSR count). The lowest BCUT2D eigenvalue weighted by Gasteiger charge is -2.13. The van der Waals surface area contributed by atoms with Crippen LogP contribution in [-0.2, 0) is 17.9 Å². The highest BCUT2D eigenvalue weighted by Gasteiger charge is 2.35. The summed E-state index contributed by atoms with van der Waals surface area (Å²) in [6.45, 7) is 0.312. The number of ether oxygens (including phenoxy) is 1. The van der Waals surface area contributed by atoms with Gasteiger partial charge in [-0.3, -0.25) is 14.5 Å². The van der Waals surface area contributed by atoms with Gasteiger partial charge in [0.2, 0.25) is 0 Å². The van der Waals surface area contributed by atoms with E-state index in [9.17, 15) is 14.9 Å². The van der Waals surface area contributed by atoms with Crippen LogP contribution in [0.15, 0.2) is 70.0 Å². The molecule has 1 heterocycles. The van der Waals surface area contributed by atoms with Crippen LogP contribution >= 0.6 is 50.9 Å². The fraction of sp³-hybridized carbons (Fsp3) is 0.0800. The number of nitriles is 1. The van der Waals surface area contributed by atoms with Crippen LogP contribution < -0.4 is 4.74 Å². The maximum Gasteiger partial charge on any atom is 0.293 e. The van der Waals surface area contributed by atoms with Gasteiger partial charge in [0, 0.05) is 15.6 Å². The van der Waals surface area contributed by atoms with Crippen LogP contribution in [0.2, 0.25) is 10.0 Å². The van der Waals surface area contributed by atoms with Crippen LogP contribution in [0.3, 0.4) is 0 Å². The fourth-order valence-electron chi connectivity index (χ4n) is 3.24. The standard InChI is InChI=1S/C25H15BrCl2N2O3S/c26-20-9-15(5-8-22(20)33-14-18-6-7-19(27)11-21(18)28)10-23-24(31)30(25(32)34-23)13-17-4-2-1-3-16(17)12-29/h1-11H,13-14H2/b23-10+. The predicted molar refractivity (Wildman–Crippen MR) is 138 cm³/mol. The Kier molecular flexibility index (Phi) is 7.64. The summed E-state index contributed by atoms with van der Waals surface area (Å²) in [5.41, 5.74) is 2.59. The molecule has 0 unspecified atom stereocenters. The molecule has 0 radical (unpaired) electrons. The van der Waals surface area contributed by atoms with Crippen molar-refractivity contribution in [3.63, 3.8) is 0 Å². The number of nitrogens with zero attached hydrogens (tertiary/aromatic N) is 2. The van der Waals surface area contributed by atoms with Crippen LogP contribution in [-0.4, -0.2) is 16.0 Å². The quantitative estimate of drug-likeness (QED) is 0.286. The molecule has 1 aliphatic heterocycles. The first-order valence-corrected chi connectivity index (χ1v) is 12.3. The molecular formula is C25H15BrCl2N2O3S. The highest BCUT2D eigenvalue weighted by atomic mass is 79.9. The summed E-state index contributed by atoms with van der Waals surface area (Å²) in [7, 11) is 0. The maximum absolute atomic E-state index is 12.9. The Morgan fingerprint density at radius 3 is 2.59 bits per heavy atom. The SMILES string of the molecule is N#Cc1ccccc1CN1C(=O)S/C(=C/c2ccc(OCc3ccc(Cl)cc3Cl)c(Br)c2)C1=O. The highest BCUT2D eigenvalue weighted by Crippen LogP contribution is 2.35. The number of hydrogen-bond acceptors (Lipinski definition) is 5. The first-order valence-electron chi connectivity index (χ1n) is 9.95. The molecule has 0 bridgehead atoms. The predicted octanol–water partition coefficient (Wildman–Crippen LogP) is 7.44. The average molecular weight is 574 g/mol. The second kappa shape index (κ2) is 10.7. The zero-order chi connectivity index (χ0) is 24.2. The molecule has 5 nitrogen and oxygen atoms in total. The van der Waals surface area contributed by atoms with Crippen LogP contribution in [0.25, 0.3) is 6.08 Å². The minimum Gasteiger partial charge on any atom is -0.488 e. The lowest BCUT2D eigenvalue weighted by molar-refractivity contribution is -0.123. The number of hydrogen-bond donors (Lipinski definition) is 0. The Hall–Kier alpha value is -2.76. The molecule has 1 aliphatic rings. The first-order chi connectivity index (χ1) is 16.4. The summed E-state index contributed by atoms with van der Waals surface area (Å²) in [5, 5.41) is 9.97. The number of amides is 2. The molecule has 0 N–H and O–H groups in total. The molecule has 3 aromatic carbocycles. The molecule has 0 saturated carbocycles.